The molecule has 18 heavy (non-hydrogen) atoms. The molecule has 0 aliphatic rings. The first-order chi connectivity index (χ1) is 8.47. The predicted octanol–water partition coefficient (Wildman–Crippen LogP) is 2.29. The van der Waals surface area contributed by atoms with Crippen molar-refractivity contribution in [3.63, 3.8) is 0 Å². The number of nitrogens with one attached hydrogen (secondary N) is 1. The van der Waals surface area contributed by atoms with E-state index in [4.69, 9.17) is 20.9 Å². The minimum atomic E-state index is -2.49. The molecule has 0 saturated carbocycles. The van der Waals surface area contributed by atoms with Gasteiger partial charge in [0.05, 0.1) is 25.6 Å². The highest BCUT2D eigenvalue weighted by atomic mass is 32.9. The molecule has 0 saturated heterocycles. The van der Waals surface area contributed by atoms with E-state index in [9.17, 15) is 9.59 Å². The summed E-state index contributed by atoms with van der Waals surface area (Å²) in [6.45, 7) is 6.32. The fourth-order valence-electron chi connectivity index (χ4n) is 0.883. The van der Waals surface area contributed by atoms with Crippen LogP contribution >= 0.6 is 17.1 Å². The van der Waals surface area contributed by atoms with Gasteiger partial charge in [-0.05, 0) is 32.6 Å². The quantitative estimate of drug-likeness (QED) is 0.689. The third kappa shape index (κ3) is 8.05. The largest absolute Gasteiger partial charge is 0.450 e. The number of ether oxygens (including phenoxy) is 1. The Hall–Kier alpha value is -0.140. The summed E-state index contributed by atoms with van der Waals surface area (Å²) in [7, 11) is 0. The Labute approximate surface area is 116 Å². The van der Waals surface area contributed by atoms with Crippen molar-refractivity contribution in [2.24, 2.45) is 0 Å². The van der Waals surface area contributed by atoms with Crippen LogP contribution in [0.3, 0.4) is 0 Å². The number of alkyl carbamates (subject to hydrolysis) is 1. The maximum Gasteiger partial charge on any atom is 0.413 e. The molecule has 1 N–H and O–H groups in total. The summed E-state index contributed by atoms with van der Waals surface area (Å²) in [6, 6.07) is 0. The van der Waals surface area contributed by atoms with Gasteiger partial charge in [-0.3, -0.25) is 10.1 Å². The van der Waals surface area contributed by atoms with Crippen molar-refractivity contribution in [2.45, 2.75) is 20.8 Å². The molecule has 0 aromatic rings. The van der Waals surface area contributed by atoms with Gasteiger partial charge in [-0.25, -0.2) is 4.79 Å². The van der Waals surface area contributed by atoms with E-state index in [0.717, 1.165) is 11.4 Å². The number of hydrogen-bond acceptors (Lipinski definition) is 7. The van der Waals surface area contributed by atoms with Gasteiger partial charge in [0.25, 0.3) is 0 Å². The van der Waals surface area contributed by atoms with Crippen LogP contribution in [-0.2, 0) is 30.4 Å². The van der Waals surface area contributed by atoms with Gasteiger partial charge in [-0.15, -0.1) is 0 Å². The number of rotatable bonds is 8. The molecule has 9 heteroatoms. The molecule has 0 bridgehead atoms. The van der Waals surface area contributed by atoms with Crippen LogP contribution < -0.4 is 5.32 Å². The van der Waals surface area contributed by atoms with E-state index in [1.165, 1.54) is 0 Å². The number of imide groups is 1. The van der Waals surface area contributed by atoms with E-state index < -0.39 is 17.7 Å². The second-order valence-electron chi connectivity index (χ2n) is 2.82. The van der Waals surface area contributed by atoms with Crippen molar-refractivity contribution < 1.29 is 23.4 Å². The number of carbonyl (C=O) groups is 2. The first-order valence-electron chi connectivity index (χ1n) is 5.47. The topological polar surface area (TPSA) is 73.9 Å². The molecule has 0 radical (unpaired) electrons. The van der Waals surface area contributed by atoms with Crippen LogP contribution in [0.25, 0.3) is 0 Å². The first kappa shape index (κ1) is 17.9. The average Bonchev–Trinajstić information content (AvgIpc) is 2.27. The van der Waals surface area contributed by atoms with Crippen LogP contribution in [0, 0.1) is 0 Å². The zero-order valence-electron chi connectivity index (χ0n) is 10.6. The lowest BCUT2D eigenvalue weighted by Crippen LogP contribution is -2.32. The van der Waals surface area contributed by atoms with Crippen LogP contribution in [0.4, 0.5) is 4.79 Å². The summed E-state index contributed by atoms with van der Waals surface area (Å²) in [6.07, 6.45) is -0.760. The normalized spacial score (nSPS) is 11.1. The summed E-state index contributed by atoms with van der Waals surface area (Å²) in [5.41, 5.74) is -2.49. The SMILES string of the molecule is CCOC(=O)NC(=O)CSP(=S)(OCC)OCC. The van der Waals surface area contributed by atoms with Gasteiger partial charge >= 0.3 is 6.09 Å². The fourth-order valence-corrected chi connectivity index (χ4v) is 5.10. The highest BCUT2D eigenvalue weighted by Gasteiger charge is 2.21. The molecule has 0 spiro atoms. The second-order valence-corrected chi connectivity index (χ2v) is 9.13. The Morgan fingerprint density at radius 1 is 1.17 bits per heavy atom. The van der Waals surface area contributed by atoms with Crippen molar-refractivity contribution in [3.8, 4) is 0 Å². The first-order valence-corrected chi connectivity index (χ1v) is 9.70. The molecule has 0 atom stereocenters. The van der Waals surface area contributed by atoms with Gasteiger partial charge in [0.15, 0.2) is 0 Å². The minimum Gasteiger partial charge on any atom is -0.450 e. The Morgan fingerprint density at radius 3 is 2.17 bits per heavy atom. The molecule has 0 fully saturated rings. The summed E-state index contributed by atoms with van der Waals surface area (Å²) in [5, 5.41) is 2.08. The molecule has 0 aliphatic heterocycles. The fraction of sp³-hybridized carbons (Fsp3) is 0.778. The maximum atomic E-state index is 11.4. The molecule has 0 unspecified atom stereocenters. The van der Waals surface area contributed by atoms with Crippen LogP contribution in [-0.4, -0.2) is 37.6 Å². The Kier molecular flexibility index (Phi) is 9.67. The lowest BCUT2D eigenvalue weighted by Gasteiger charge is -2.19. The summed E-state index contributed by atoms with van der Waals surface area (Å²) < 4.78 is 15.3. The molecular formula is C9H18NO5PS2. The smallest absolute Gasteiger partial charge is 0.413 e. The molecule has 6 nitrogen and oxygen atoms in total. The molecule has 0 aromatic carbocycles. The zero-order valence-corrected chi connectivity index (χ0v) is 13.2. The average molecular weight is 315 g/mol. The van der Waals surface area contributed by atoms with Crippen molar-refractivity contribution in [1.29, 1.82) is 0 Å². The Balaban J connectivity index is 4.15. The van der Waals surface area contributed by atoms with Gasteiger partial charge in [0, 0.05) is 0 Å². The Morgan fingerprint density at radius 2 is 1.72 bits per heavy atom. The number of hydrogen-bond donors (Lipinski definition) is 1. The number of carbonyl (C=O) groups excluding carboxylic acids is 2. The monoisotopic (exact) mass is 315 g/mol. The lowest BCUT2D eigenvalue weighted by atomic mass is 10.7. The van der Waals surface area contributed by atoms with Crippen molar-refractivity contribution >= 4 is 40.9 Å². The third-order valence-electron chi connectivity index (χ3n) is 1.45. The summed E-state index contributed by atoms with van der Waals surface area (Å²) in [4.78, 5) is 22.4. The third-order valence-corrected chi connectivity index (χ3v) is 6.85. The van der Waals surface area contributed by atoms with Crippen molar-refractivity contribution in [1.82, 2.24) is 5.32 Å². The van der Waals surface area contributed by atoms with E-state index in [2.05, 4.69) is 10.1 Å². The van der Waals surface area contributed by atoms with E-state index in [1.807, 2.05) is 0 Å². The van der Waals surface area contributed by atoms with Gasteiger partial charge < -0.3 is 13.8 Å². The number of amides is 2. The molecule has 0 heterocycles. The highest BCUT2D eigenvalue weighted by molar-refractivity contribution is 8.68. The van der Waals surface area contributed by atoms with Crippen LogP contribution in [0.15, 0.2) is 0 Å². The highest BCUT2D eigenvalue weighted by Crippen LogP contribution is 2.60. The molecule has 0 aliphatic carbocycles. The zero-order chi connectivity index (χ0) is 14.0. The predicted molar refractivity (Wildman–Crippen MR) is 75.2 cm³/mol. The van der Waals surface area contributed by atoms with Crippen LogP contribution in [0.5, 0.6) is 0 Å². The van der Waals surface area contributed by atoms with Crippen LogP contribution in [0.1, 0.15) is 20.8 Å². The van der Waals surface area contributed by atoms with E-state index in [-0.39, 0.29) is 12.4 Å². The van der Waals surface area contributed by atoms with E-state index in [1.54, 1.807) is 20.8 Å². The van der Waals surface area contributed by atoms with Crippen molar-refractivity contribution in [3.05, 3.63) is 0 Å². The second kappa shape index (κ2) is 9.75. The standard InChI is InChI=1S/C9H18NO5PS2/c1-4-13-9(12)10-8(11)7-18-16(17,14-5-2)15-6-3/h4-7H2,1-3H3,(H,10,11,12). The van der Waals surface area contributed by atoms with Gasteiger partial charge in [0.1, 0.15) is 0 Å². The molecule has 2 amide bonds. The van der Waals surface area contributed by atoms with E-state index in [0.29, 0.717) is 13.2 Å². The summed E-state index contributed by atoms with van der Waals surface area (Å²) >= 11 is 6.32. The minimum absolute atomic E-state index is 0.00388. The van der Waals surface area contributed by atoms with Gasteiger partial charge in [-0.2, -0.15) is 0 Å². The van der Waals surface area contributed by atoms with Gasteiger partial charge in [-0.1, -0.05) is 11.4 Å². The molecular weight excluding hydrogens is 297 g/mol. The molecule has 0 aromatic heterocycles. The van der Waals surface area contributed by atoms with Crippen LogP contribution in [0.2, 0.25) is 0 Å². The lowest BCUT2D eigenvalue weighted by molar-refractivity contribution is -0.117. The van der Waals surface area contributed by atoms with Gasteiger partial charge in [0.2, 0.25) is 11.6 Å². The summed E-state index contributed by atoms with van der Waals surface area (Å²) in [5.74, 6) is -0.483. The molecule has 106 valence electrons. The Bertz CT molecular complexity index is 316. The molecule has 0 rings (SSSR count). The van der Waals surface area contributed by atoms with E-state index >= 15 is 0 Å². The van der Waals surface area contributed by atoms with Crippen molar-refractivity contribution in [2.75, 3.05) is 25.6 Å². The maximum absolute atomic E-state index is 11.4.